The number of allylic oxidation sites excluding steroid dienone is 1. The van der Waals surface area contributed by atoms with Gasteiger partial charge >= 0.3 is 18.2 Å². The van der Waals surface area contributed by atoms with Gasteiger partial charge in [0.25, 0.3) is 0 Å². The zero-order chi connectivity index (χ0) is 29.9. The largest absolute Gasteiger partial charge is 0.489 e. The van der Waals surface area contributed by atoms with Gasteiger partial charge in [-0.3, -0.25) is 9.69 Å². The van der Waals surface area contributed by atoms with Gasteiger partial charge in [0.2, 0.25) is 5.91 Å². The number of fused-ring (bicyclic) bond motifs is 3. The van der Waals surface area contributed by atoms with Crippen LogP contribution in [-0.2, 0) is 32.2 Å². The Bertz CT molecular complexity index is 1200. The van der Waals surface area contributed by atoms with Crippen LogP contribution >= 0.6 is 0 Å². The second-order valence-corrected chi connectivity index (χ2v) is 12.8. The summed E-state index contributed by atoms with van der Waals surface area (Å²) in [6.45, 7) is 10.4. The molecule has 41 heavy (non-hydrogen) atoms. The molecule has 0 spiro atoms. The van der Waals surface area contributed by atoms with Crippen LogP contribution in [0.15, 0.2) is 30.4 Å². The molecule has 0 aliphatic carbocycles. The van der Waals surface area contributed by atoms with Crippen molar-refractivity contribution >= 4 is 24.1 Å². The lowest BCUT2D eigenvalue weighted by Crippen LogP contribution is -2.57. The fourth-order valence-corrected chi connectivity index (χ4v) is 5.34. The van der Waals surface area contributed by atoms with Crippen LogP contribution in [0.2, 0.25) is 0 Å². The minimum Gasteiger partial charge on any atom is -0.489 e. The molecule has 3 atom stereocenters. The topological polar surface area (TPSA) is 135 Å². The number of amides is 3. The number of carbonyl (C=O) groups excluding carboxylic acids is 3. The molecule has 4 rings (SSSR count). The summed E-state index contributed by atoms with van der Waals surface area (Å²) < 4.78 is 17.2. The van der Waals surface area contributed by atoms with Crippen LogP contribution in [0.5, 0.6) is 5.75 Å². The second-order valence-electron chi connectivity index (χ2n) is 12.8. The molecule has 4 bridgehead atoms. The molecule has 0 aromatic heterocycles. The first-order valence-corrected chi connectivity index (χ1v) is 14.1. The number of carbonyl (C=O) groups is 4. The fourth-order valence-electron chi connectivity index (χ4n) is 5.34. The highest BCUT2D eigenvalue weighted by molar-refractivity contribution is 5.90. The van der Waals surface area contributed by atoms with Crippen molar-refractivity contribution < 1.29 is 38.5 Å². The van der Waals surface area contributed by atoms with E-state index in [1.165, 1.54) is 9.80 Å². The Hall–Kier alpha value is -3.76. The average molecular weight is 572 g/mol. The van der Waals surface area contributed by atoms with E-state index >= 15 is 0 Å². The number of nitrogens with one attached hydrogen (secondary N) is 1. The van der Waals surface area contributed by atoms with Crippen molar-refractivity contribution in [3.63, 3.8) is 0 Å². The number of cyclic esters (lactones) is 1. The molecule has 1 fully saturated rings. The summed E-state index contributed by atoms with van der Waals surface area (Å²) in [5, 5.41) is 12.6. The summed E-state index contributed by atoms with van der Waals surface area (Å²) in [5.74, 6) is -1.08. The SMILES string of the molecule is CC1(C)CCC=CCOc2cccc3c2CN(C3)C(=O)O[C@@H]2CC(C(=O)O)N(C2)C(=O)[C@H](C(C)(C)C)NC(=O)OC1. The lowest BCUT2D eigenvalue weighted by molar-refractivity contribution is -0.150. The van der Waals surface area contributed by atoms with Gasteiger partial charge in [-0.2, -0.15) is 0 Å². The molecule has 0 saturated carbocycles. The minimum atomic E-state index is -1.21. The molecule has 3 aliphatic heterocycles. The average Bonchev–Trinajstić information content (AvgIpc) is 3.52. The molecule has 2 N–H and O–H groups in total. The van der Waals surface area contributed by atoms with Crippen molar-refractivity contribution in [2.24, 2.45) is 10.8 Å². The molecule has 1 aromatic rings. The number of aliphatic carboxylic acids is 1. The molecule has 11 heteroatoms. The van der Waals surface area contributed by atoms with Crippen molar-refractivity contribution in [1.82, 2.24) is 15.1 Å². The number of rotatable bonds is 1. The molecule has 3 heterocycles. The Kier molecular flexibility index (Phi) is 8.84. The van der Waals surface area contributed by atoms with E-state index in [-0.39, 0.29) is 25.0 Å². The highest BCUT2D eigenvalue weighted by atomic mass is 16.6. The number of nitrogens with zero attached hydrogens (tertiary/aromatic N) is 2. The van der Waals surface area contributed by atoms with Crippen LogP contribution in [0.25, 0.3) is 0 Å². The summed E-state index contributed by atoms with van der Waals surface area (Å²) in [6, 6.07) is 3.44. The Morgan fingerprint density at radius 3 is 2.56 bits per heavy atom. The van der Waals surface area contributed by atoms with Gasteiger partial charge in [0.1, 0.15) is 30.5 Å². The molecule has 1 saturated heterocycles. The number of hydrogen-bond acceptors (Lipinski definition) is 7. The van der Waals surface area contributed by atoms with E-state index in [9.17, 15) is 24.3 Å². The van der Waals surface area contributed by atoms with Crippen molar-refractivity contribution in [2.75, 3.05) is 19.8 Å². The Balaban J connectivity index is 1.59. The van der Waals surface area contributed by atoms with Gasteiger partial charge in [-0.05, 0) is 35.3 Å². The molecular weight excluding hydrogens is 530 g/mol. The summed E-state index contributed by atoms with van der Waals surface area (Å²) in [5.41, 5.74) is 0.807. The van der Waals surface area contributed by atoms with Crippen LogP contribution in [0.3, 0.4) is 0 Å². The molecule has 3 aliphatic rings. The van der Waals surface area contributed by atoms with E-state index in [2.05, 4.69) is 5.32 Å². The second kappa shape index (κ2) is 12.0. The number of carboxylic acids is 1. The summed E-state index contributed by atoms with van der Waals surface area (Å²) >= 11 is 0. The zero-order valence-electron chi connectivity index (χ0n) is 24.5. The molecule has 224 valence electrons. The number of carboxylic acid groups (broad SMARTS) is 1. The van der Waals surface area contributed by atoms with Crippen LogP contribution in [0.1, 0.15) is 65.0 Å². The third kappa shape index (κ3) is 7.31. The van der Waals surface area contributed by atoms with Crippen LogP contribution in [0, 0.1) is 10.8 Å². The van der Waals surface area contributed by atoms with Gasteiger partial charge in [-0.15, -0.1) is 0 Å². The molecule has 0 radical (unpaired) electrons. The summed E-state index contributed by atoms with van der Waals surface area (Å²) in [6.07, 6.45) is 3.27. The standard InChI is InChI=1S/C30H41N3O8/c1-29(2,3)24-25(34)33-16-20(14-22(33)26(35)36)41-28(38)32-15-19-10-9-11-23(21(19)17-32)39-13-8-6-7-12-30(4,5)18-40-27(37)31-24/h6,8-11,20,22,24H,7,12-18H2,1-5H3,(H,31,37)(H,35,36)/t20-,22?,24-/m1/s1. The quantitative estimate of drug-likeness (QED) is 0.482. The lowest BCUT2D eigenvalue weighted by atomic mass is 9.85. The molecule has 11 nitrogen and oxygen atoms in total. The van der Waals surface area contributed by atoms with Crippen molar-refractivity contribution in [3.05, 3.63) is 41.5 Å². The summed E-state index contributed by atoms with van der Waals surface area (Å²) in [7, 11) is 0. The maximum absolute atomic E-state index is 13.7. The highest BCUT2D eigenvalue weighted by Crippen LogP contribution is 2.33. The molecular formula is C30H41N3O8. The van der Waals surface area contributed by atoms with Gasteiger partial charge in [0.15, 0.2) is 0 Å². The fraction of sp³-hybridized carbons (Fsp3) is 0.600. The minimum absolute atomic E-state index is 0.0518. The number of alkyl carbamates (subject to hydrolysis) is 1. The van der Waals surface area contributed by atoms with Crippen LogP contribution in [0.4, 0.5) is 9.59 Å². The van der Waals surface area contributed by atoms with E-state index in [1.807, 2.05) is 44.2 Å². The van der Waals surface area contributed by atoms with Gasteiger partial charge in [0.05, 0.1) is 19.7 Å². The predicted octanol–water partition coefficient (Wildman–Crippen LogP) is 4.09. The van der Waals surface area contributed by atoms with E-state index in [1.54, 1.807) is 20.8 Å². The van der Waals surface area contributed by atoms with Gasteiger partial charge in [-0.25, -0.2) is 14.4 Å². The first-order valence-electron chi connectivity index (χ1n) is 14.1. The number of ether oxygens (including phenoxy) is 3. The van der Waals surface area contributed by atoms with Crippen molar-refractivity contribution in [3.8, 4) is 5.75 Å². The van der Waals surface area contributed by atoms with Crippen molar-refractivity contribution in [2.45, 2.75) is 85.2 Å². The first kappa shape index (κ1) is 30.2. The number of benzene rings is 1. The Morgan fingerprint density at radius 1 is 1.10 bits per heavy atom. The highest BCUT2D eigenvalue weighted by Gasteiger charge is 2.46. The van der Waals surface area contributed by atoms with E-state index in [4.69, 9.17) is 14.2 Å². The number of hydrogen-bond donors (Lipinski definition) is 2. The lowest BCUT2D eigenvalue weighted by Gasteiger charge is -2.34. The first-order chi connectivity index (χ1) is 19.2. The Morgan fingerprint density at radius 2 is 1.85 bits per heavy atom. The van der Waals surface area contributed by atoms with E-state index in [0.717, 1.165) is 24.0 Å². The van der Waals surface area contributed by atoms with Crippen molar-refractivity contribution in [1.29, 1.82) is 0 Å². The predicted molar refractivity (Wildman–Crippen MR) is 149 cm³/mol. The zero-order valence-corrected chi connectivity index (χ0v) is 24.5. The summed E-state index contributed by atoms with van der Waals surface area (Å²) in [4.78, 5) is 54.5. The van der Waals surface area contributed by atoms with Gasteiger partial charge < -0.3 is 29.5 Å². The molecule has 1 aromatic carbocycles. The van der Waals surface area contributed by atoms with Gasteiger partial charge in [0, 0.05) is 18.5 Å². The Labute approximate surface area is 240 Å². The maximum Gasteiger partial charge on any atom is 0.410 e. The van der Waals surface area contributed by atoms with Gasteiger partial charge in [-0.1, -0.05) is 58.9 Å². The van der Waals surface area contributed by atoms with Crippen LogP contribution < -0.4 is 10.1 Å². The van der Waals surface area contributed by atoms with E-state index < -0.39 is 47.7 Å². The molecule has 3 amide bonds. The van der Waals surface area contributed by atoms with Crippen LogP contribution in [-0.4, -0.2) is 76.9 Å². The maximum atomic E-state index is 13.7. The monoisotopic (exact) mass is 571 g/mol. The van der Waals surface area contributed by atoms with E-state index in [0.29, 0.717) is 25.4 Å². The third-order valence-corrected chi connectivity index (χ3v) is 7.76. The normalized spacial score (nSPS) is 25.8. The smallest absolute Gasteiger partial charge is 0.410 e. The third-order valence-electron chi connectivity index (χ3n) is 7.76. The molecule has 1 unspecified atom stereocenters.